The second kappa shape index (κ2) is 7.30. The molecule has 37 heavy (non-hydrogen) atoms. The minimum Gasteiger partial charge on any atom is -0.308 e. The maximum Gasteiger partial charge on any atom is 0.0704 e. The van der Waals surface area contributed by atoms with Gasteiger partial charge >= 0.3 is 0 Å². The van der Waals surface area contributed by atoms with Gasteiger partial charge in [0.2, 0.25) is 0 Å². The number of hydrogen-bond acceptors (Lipinski definition) is 2. The molecule has 0 amide bonds. The van der Waals surface area contributed by atoms with Gasteiger partial charge in [0, 0.05) is 53.5 Å². The third-order valence-electron chi connectivity index (χ3n) is 7.66. The molecule has 0 spiro atoms. The predicted octanol–water partition coefficient (Wildman–Crippen LogP) is 9.86. The van der Waals surface area contributed by atoms with E-state index in [1.165, 1.54) is 69.4 Å². The molecule has 0 aliphatic heterocycles. The van der Waals surface area contributed by atoms with Crippen molar-refractivity contribution in [3.05, 3.63) is 96.7 Å². The molecule has 4 aromatic heterocycles. The molecule has 4 aromatic carbocycles. The van der Waals surface area contributed by atoms with Gasteiger partial charge in [-0.3, -0.25) is 4.98 Å². The molecule has 0 fully saturated rings. The second-order valence-electron chi connectivity index (χ2n) is 11.5. The van der Waals surface area contributed by atoms with E-state index in [-0.39, 0.29) is 5.41 Å². The smallest absolute Gasteiger partial charge is 0.0704 e. The van der Waals surface area contributed by atoms with Crippen molar-refractivity contribution in [2.45, 2.75) is 27.2 Å². The lowest BCUT2D eigenvalue weighted by molar-refractivity contribution is 0.411. The SMILES string of the molecule is CC(C)(C)Cc1ccnc(-c2ccc3c(c2)c2cc4sc5ccccc5c4c4c5ccccc5n3c24)c1. The number of rotatable bonds is 2. The maximum atomic E-state index is 4.77. The molecule has 0 unspecified atom stereocenters. The average molecular weight is 495 g/mol. The quantitative estimate of drug-likeness (QED) is 0.234. The van der Waals surface area contributed by atoms with Gasteiger partial charge < -0.3 is 4.40 Å². The van der Waals surface area contributed by atoms with E-state index in [9.17, 15) is 0 Å². The molecular weight excluding hydrogens is 468 g/mol. The van der Waals surface area contributed by atoms with Gasteiger partial charge in [-0.05, 0) is 59.9 Å². The summed E-state index contributed by atoms with van der Waals surface area (Å²) in [6.45, 7) is 6.87. The van der Waals surface area contributed by atoms with Crippen LogP contribution in [0.3, 0.4) is 0 Å². The Morgan fingerprint density at radius 2 is 1.49 bits per heavy atom. The van der Waals surface area contributed by atoms with Crippen LogP contribution in [0.15, 0.2) is 91.1 Å². The number of para-hydroxylation sites is 1. The molecule has 8 rings (SSSR count). The van der Waals surface area contributed by atoms with E-state index < -0.39 is 0 Å². The van der Waals surface area contributed by atoms with Gasteiger partial charge in [0.25, 0.3) is 0 Å². The number of thiophene rings is 1. The first-order valence-electron chi connectivity index (χ1n) is 12.9. The Kier molecular flexibility index (Phi) is 4.18. The van der Waals surface area contributed by atoms with Crippen molar-refractivity contribution in [3.8, 4) is 11.3 Å². The maximum absolute atomic E-state index is 4.77. The van der Waals surface area contributed by atoms with E-state index in [1.54, 1.807) is 0 Å². The molecule has 0 aliphatic rings. The molecule has 0 radical (unpaired) electrons. The first-order chi connectivity index (χ1) is 18.0. The zero-order valence-corrected chi connectivity index (χ0v) is 22.0. The van der Waals surface area contributed by atoms with Crippen LogP contribution >= 0.6 is 11.3 Å². The highest BCUT2D eigenvalue weighted by molar-refractivity contribution is 7.26. The standard InChI is InChI=1S/C34H26N2S/c1-34(2,3)19-20-14-15-35-26(16-20)21-12-13-28-24(17-21)25-18-30-31(23-9-5-7-11-29(23)37-30)32-22-8-4-6-10-27(22)36(28)33(25)32/h4-18H,19H2,1-3H3. The van der Waals surface area contributed by atoms with E-state index in [1.807, 2.05) is 17.5 Å². The Labute approximate surface area is 219 Å². The molecule has 2 nitrogen and oxygen atoms in total. The Morgan fingerprint density at radius 3 is 2.35 bits per heavy atom. The summed E-state index contributed by atoms with van der Waals surface area (Å²) in [5, 5.41) is 8.08. The van der Waals surface area contributed by atoms with Crippen molar-refractivity contribution in [1.29, 1.82) is 0 Å². The Morgan fingerprint density at radius 1 is 0.703 bits per heavy atom. The van der Waals surface area contributed by atoms with Crippen LogP contribution in [0, 0.1) is 5.41 Å². The van der Waals surface area contributed by atoms with Crippen LogP contribution in [0.1, 0.15) is 26.3 Å². The summed E-state index contributed by atoms with van der Waals surface area (Å²) < 4.78 is 5.19. The molecule has 0 saturated carbocycles. The van der Waals surface area contributed by atoms with Crippen LogP contribution in [0.5, 0.6) is 0 Å². The highest BCUT2D eigenvalue weighted by atomic mass is 32.1. The van der Waals surface area contributed by atoms with Crippen molar-refractivity contribution < 1.29 is 0 Å². The minimum absolute atomic E-state index is 0.242. The summed E-state index contributed by atoms with van der Waals surface area (Å²) in [5.74, 6) is 0. The second-order valence-corrected chi connectivity index (χ2v) is 12.6. The number of nitrogens with zero attached hydrogens (tertiary/aromatic N) is 2. The van der Waals surface area contributed by atoms with Crippen LogP contribution in [0.4, 0.5) is 0 Å². The van der Waals surface area contributed by atoms with Gasteiger partial charge in [0.05, 0.1) is 22.2 Å². The Bertz CT molecular complexity index is 2150. The van der Waals surface area contributed by atoms with Crippen molar-refractivity contribution in [2.24, 2.45) is 5.41 Å². The molecule has 0 aliphatic carbocycles. The number of hydrogen-bond donors (Lipinski definition) is 0. The first-order valence-corrected chi connectivity index (χ1v) is 13.8. The molecule has 0 bridgehead atoms. The van der Waals surface area contributed by atoms with E-state index >= 15 is 0 Å². The van der Waals surface area contributed by atoms with Crippen molar-refractivity contribution >= 4 is 69.6 Å². The summed E-state index contributed by atoms with van der Waals surface area (Å²) >= 11 is 1.90. The lowest BCUT2D eigenvalue weighted by atomic mass is 9.88. The van der Waals surface area contributed by atoms with E-state index in [4.69, 9.17) is 4.98 Å². The Hall–Kier alpha value is -3.95. The highest BCUT2D eigenvalue weighted by Gasteiger charge is 2.22. The van der Waals surface area contributed by atoms with E-state index in [2.05, 4.69) is 110 Å². The molecule has 0 atom stereocenters. The number of fused-ring (bicyclic) bond motifs is 10. The third kappa shape index (κ3) is 3.01. The van der Waals surface area contributed by atoms with Gasteiger partial charge in [0.1, 0.15) is 0 Å². The van der Waals surface area contributed by atoms with E-state index in [0.717, 1.165) is 12.1 Å². The molecule has 8 aromatic rings. The normalized spacial score (nSPS) is 12.8. The molecule has 0 N–H and O–H groups in total. The lowest BCUT2D eigenvalue weighted by Gasteiger charge is -2.18. The fraction of sp³-hybridized carbons (Fsp3) is 0.147. The van der Waals surface area contributed by atoms with Crippen molar-refractivity contribution in [2.75, 3.05) is 0 Å². The van der Waals surface area contributed by atoms with Crippen LogP contribution < -0.4 is 0 Å². The van der Waals surface area contributed by atoms with Crippen LogP contribution in [0.25, 0.3) is 69.5 Å². The van der Waals surface area contributed by atoms with Crippen LogP contribution in [-0.2, 0) is 6.42 Å². The third-order valence-corrected chi connectivity index (χ3v) is 8.78. The minimum atomic E-state index is 0.242. The van der Waals surface area contributed by atoms with E-state index in [0.29, 0.717) is 0 Å². The van der Waals surface area contributed by atoms with Gasteiger partial charge in [-0.2, -0.15) is 0 Å². The fourth-order valence-corrected chi connectivity index (χ4v) is 7.44. The summed E-state index contributed by atoms with van der Waals surface area (Å²) in [4.78, 5) is 4.77. The van der Waals surface area contributed by atoms with Gasteiger partial charge in [-0.25, -0.2) is 0 Å². The van der Waals surface area contributed by atoms with Gasteiger partial charge in [0.15, 0.2) is 0 Å². The van der Waals surface area contributed by atoms with Crippen molar-refractivity contribution in [1.82, 2.24) is 9.38 Å². The Balaban J connectivity index is 1.48. The zero-order valence-electron chi connectivity index (χ0n) is 21.2. The monoisotopic (exact) mass is 494 g/mol. The largest absolute Gasteiger partial charge is 0.308 e. The topological polar surface area (TPSA) is 17.3 Å². The van der Waals surface area contributed by atoms with Crippen LogP contribution in [0.2, 0.25) is 0 Å². The molecule has 3 heteroatoms. The first kappa shape index (κ1) is 21.2. The average Bonchev–Trinajstić information content (AvgIpc) is 3.53. The lowest BCUT2D eigenvalue weighted by Crippen LogP contribution is -2.09. The summed E-state index contributed by atoms with van der Waals surface area (Å²) in [5.41, 5.74) is 7.67. The zero-order chi connectivity index (χ0) is 24.9. The van der Waals surface area contributed by atoms with Gasteiger partial charge in [-0.15, -0.1) is 11.3 Å². The van der Waals surface area contributed by atoms with Crippen molar-refractivity contribution in [3.63, 3.8) is 0 Å². The molecule has 178 valence electrons. The predicted molar refractivity (Wildman–Crippen MR) is 160 cm³/mol. The highest BCUT2D eigenvalue weighted by Crippen LogP contribution is 2.47. The summed E-state index contributed by atoms with van der Waals surface area (Å²) in [6.07, 6.45) is 3.00. The number of aromatic nitrogens is 2. The molecule has 0 saturated heterocycles. The summed E-state index contributed by atoms with van der Waals surface area (Å²) in [6, 6.07) is 31.4. The molecule has 4 heterocycles. The fourth-order valence-electron chi connectivity index (χ4n) is 6.29. The molecular formula is C34H26N2S. The number of pyridine rings is 1. The summed E-state index contributed by atoms with van der Waals surface area (Å²) in [7, 11) is 0. The number of benzene rings is 4. The van der Waals surface area contributed by atoms with Gasteiger partial charge in [-0.1, -0.05) is 63.2 Å². The van der Waals surface area contributed by atoms with Crippen LogP contribution in [-0.4, -0.2) is 9.38 Å².